The van der Waals surface area contributed by atoms with Crippen molar-refractivity contribution in [2.45, 2.75) is 125 Å². The van der Waals surface area contributed by atoms with Crippen molar-refractivity contribution in [3.05, 3.63) is 47.5 Å². The summed E-state index contributed by atoms with van der Waals surface area (Å²) in [5.41, 5.74) is 0.505. The van der Waals surface area contributed by atoms with Crippen molar-refractivity contribution in [3.63, 3.8) is 0 Å². The molecule has 0 aliphatic carbocycles. The van der Waals surface area contributed by atoms with Crippen molar-refractivity contribution in [2.24, 2.45) is 0 Å². The maximum absolute atomic E-state index is 12.1. The largest absolute Gasteiger partial charge is 0.507 e. The summed E-state index contributed by atoms with van der Waals surface area (Å²) in [6.07, 6.45) is 4.36. The number of benzene rings is 2. The van der Waals surface area contributed by atoms with Gasteiger partial charge in [-0.05, 0) is 74.9 Å². The molecule has 2 aromatic carbocycles. The van der Waals surface area contributed by atoms with E-state index in [-0.39, 0.29) is 56.8 Å². The zero-order valence-corrected chi connectivity index (χ0v) is 27.9. The lowest BCUT2D eigenvalue weighted by Gasteiger charge is -2.37. The van der Waals surface area contributed by atoms with E-state index < -0.39 is 38.4 Å². The summed E-state index contributed by atoms with van der Waals surface area (Å²) < 4.78 is 72.8. The third kappa shape index (κ3) is 9.63. The minimum atomic E-state index is -3.51. The van der Waals surface area contributed by atoms with Gasteiger partial charge < -0.3 is 34.3 Å². The fourth-order valence-corrected chi connectivity index (χ4v) is 7.19. The average molecular weight is 671 g/mol. The number of phenols is 2. The number of sulfone groups is 2. The van der Waals surface area contributed by atoms with Gasteiger partial charge in [0.2, 0.25) is 0 Å². The lowest BCUT2D eigenvalue weighted by atomic mass is 9.96. The van der Waals surface area contributed by atoms with Crippen LogP contribution in [0.25, 0.3) is 0 Å². The molecule has 3 N–H and O–H groups in total. The maximum atomic E-state index is 12.1. The van der Waals surface area contributed by atoms with E-state index in [2.05, 4.69) is 0 Å². The predicted octanol–water partition coefficient (Wildman–Crippen LogP) is 5.08. The number of hydrogen-bond donors (Lipinski definition) is 3. The Morgan fingerprint density at radius 1 is 0.733 bits per heavy atom. The van der Waals surface area contributed by atoms with Crippen LogP contribution < -0.4 is 0 Å². The first-order valence-corrected chi connectivity index (χ1v) is 19.3. The van der Waals surface area contributed by atoms with Crippen molar-refractivity contribution < 1.29 is 51.1 Å². The summed E-state index contributed by atoms with van der Waals surface area (Å²) in [5.74, 6) is -0.230. The molecule has 0 spiro atoms. The Balaban J connectivity index is 1.37. The van der Waals surface area contributed by atoms with Gasteiger partial charge in [-0.1, -0.05) is 20.3 Å². The molecule has 2 aliphatic heterocycles. The first-order chi connectivity index (χ1) is 21.2. The van der Waals surface area contributed by atoms with Gasteiger partial charge in [0.15, 0.2) is 32.3 Å². The van der Waals surface area contributed by atoms with E-state index in [1.165, 1.54) is 36.4 Å². The molecule has 0 amide bonds. The molecule has 2 heterocycles. The highest BCUT2D eigenvalue weighted by atomic mass is 32.2. The topological polar surface area (TPSA) is 166 Å². The van der Waals surface area contributed by atoms with Crippen LogP contribution in [0.15, 0.2) is 46.2 Å². The van der Waals surface area contributed by atoms with Gasteiger partial charge in [0.05, 0.1) is 51.4 Å². The van der Waals surface area contributed by atoms with E-state index in [9.17, 15) is 32.2 Å². The third-order valence-electron chi connectivity index (χ3n) is 8.34. The van der Waals surface area contributed by atoms with Crippen LogP contribution in [0.1, 0.15) is 95.3 Å². The molecule has 0 radical (unpaired) electrons. The van der Waals surface area contributed by atoms with Gasteiger partial charge in [-0.3, -0.25) is 0 Å². The second-order valence-corrected chi connectivity index (χ2v) is 16.2. The molecule has 11 nitrogen and oxygen atoms in total. The van der Waals surface area contributed by atoms with Crippen molar-refractivity contribution >= 4 is 19.7 Å². The van der Waals surface area contributed by atoms with E-state index in [1.807, 2.05) is 13.8 Å². The van der Waals surface area contributed by atoms with Crippen molar-refractivity contribution in [1.29, 1.82) is 0 Å². The van der Waals surface area contributed by atoms with Crippen molar-refractivity contribution in [1.82, 2.24) is 0 Å². The highest BCUT2D eigenvalue weighted by Crippen LogP contribution is 2.40. The van der Waals surface area contributed by atoms with Crippen LogP contribution in [-0.4, -0.2) is 75.2 Å². The number of aromatic hydroxyl groups is 2. The molecule has 2 aromatic rings. The van der Waals surface area contributed by atoms with Gasteiger partial charge in [-0.2, -0.15) is 0 Å². The van der Waals surface area contributed by atoms with Gasteiger partial charge in [0.25, 0.3) is 0 Å². The third-order valence-corrected chi connectivity index (χ3v) is 10.6. The first-order valence-electron chi connectivity index (χ1n) is 15.5. The highest BCUT2D eigenvalue weighted by Gasteiger charge is 2.35. The molecule has 252 valence electrons. The highest BCUT2D eigenvalue weighted by molar-refractivity contribution is 7.91. The number of rotatable bonds is 13. The molecule has 7 atom stereocenters. The Bertz CT molecular complexity index is 1510. The number of aliphatic hydroxyl groups excluding tert-OH is 1. The molecular weight excluding hydrogens is 624 g/mol. The summed E-state index contributed by atoms with van der Waals surface area (Å²) in [5, 5.41) is 31.9. The Morgan fingerprint density at radius 2 is 1.20 bits per heavy atom. The van der Waals surface area contributed by atoms with Crippen molar-refractivity contribution in [2.75, 3.05) is 12.5 Å². The summed E-state index contributed by atoms with van der Waals surface area (Å²) in [6, 6.07) is 8.09. The van der Waals surface area contributed by atoms with E-state index >= 15 is 0 Å². The summed E-state index contributed by atoms with van der Waals surface area (Å²) in [4.78, 5) is 0.121. The van der Waals surface area contributed by atoms with Crippen LogP contribution >= 0.6 is 0 Å². The molecule has 13 heteroatoms. The molecule has 7 unspecified atom stereocenters. The summed E-state index contributed by atoms with van der Waals surface area (Å²) in [6.45, 7) is 4.03. The smallest absolute Gasteiger partial charge is 0.188 e. The fourth-order valence-electron chi connectivity index (χ4n) is 5.88. The van der Waals surface area contributed by atoms with E-state index in [0.29, 0.717) is 38.5 Å². The quantitative estimate of drug-likeness (QED) is 0.260. The standard InChI is InChI=1S/C32H46O11S2/c1-5-8-22-17-24(43-32(41-22)28-19-26(45(4,38)39)12-14-30(28)35)15-20(33)9-7-10-23-16-21(6-2)40-31(42-23)27-18-25(44(3,36)37)11-13-29(27)34/h11-14,18-24,31-35H,5-10,15-17H2,1-4H3. The monoisotopic (exact) mass is 670 g/mol. The molecule has 0 aromatic heterocycles. The number of phenolic OH excluding ortho intramolecular Hbond substituents is 2. The normalized spacial score (nSPS) is 26.9. The molecule has 0 saturated carbocycles. The van der Waals surface area contributed by atoms with Crippen molar-refractivity contribution in [3.8, 4) is 11.5 Å². The van der Waals surface area contributed by atoms with Gasteiger partial charge in [0, 0.05) is 25.4 Å². The van der Waals surface area contributed by atoms with E-state index in [4.69, 9.17) is 18.9 Å². The van der Waals surface area contributed by atoms with Crippen LogP contribution in [0.5, 0.6) is 11.5 Å². The maximum Gasteiger partial charge on any atom is 0.188 e. The second kappa shape index (κ2) is 15.1. The number of ether oxygens (including phenoxy) is 4. The van der Waals surface area contributed by atoms with Gasteiger partial charge in [-0.25, -0.2) is 16.8 Å². The molecule has 2 aliphatic rings. The van der Waals surface area contributed by atoms with Crippen LogP contribution in [0.3, 0.4) is 0 Å². The number of hydrogen-bond acceptors (Lipinski definition) is 11. The minimum Gasteiger partial charge on any atom is -0.507 e. The van der Waals surface area contributed by atoms with Gasteiger partial charge in [-0.15, -0.1) is 0 Å². The van der Waals surface area contributed by atoms with Crippen LogP contribution in [0, 0.1) is 0 Å². The number of aliphatic hydroxyl groups is 1. The predicted molar refractivity (Wildman–Crippen MR) is 166 cm³/mol. The molecule has 4 rings (SSSR count). The SMILES string of the molecule is CCCC1CC(CC(O)CCCC2CC(CC)OC(c3cc(S(C)(=O)=O)ccc3O)O2)OC(c2cc(S(C)(=O)=O)ccc2O)O1. The van der Waals surface area contributed by atoms with Gasteiger partial charge >= 0.3 is 0 Å². The lowest BCUT2D eigenvalue weighted by Crippen LogP contribution is -2.36. The summed E-state index contributed by atoms with van der Waals surface area (Å²) in [7, 11) is -7.00. The lowest BCUT2D eigenvalue weighted by molar-refractivity contribution is -0.254. The molecule has 45 heavy (non-hydrogen) atoms. The second-order valence-electron chi connectivity index (χ2n) is 12.2. The Hall–Kier alpha value is -2.26. The zero-order valence-electron chi connectivity index (χ0n) is 26.3. The average Bonchev–Trinajstić information content (AvgIpc) is 2.96. The van der Waals surface area contributed by atoms with E-state index in [0.717, 1.165) is 31.8 Å². The molecular formula is C32H46O11S2. The van der Waals surface area contributed by atoms with Crippen LogP contribution in [0.4, 0.5) is 0 Å². The Labute approximate surface area is 266 Å². The van der Waals surface area contributed by atoms with Crippen LogP contribution in [-0.2, 0) is 38.6 Å². The zero-order chi connectivity index (χ0) is 32.9. The molecule has 2 saturated heterocycles. The first kappa shape index (κ1) is 35.6. The fraction of sp³-hybridized carbons (Fsp3) is 0.625. The summed E-state index contributed by atoms with van der Waals surface area (Å²) >= 11 is 0. The van der Waals surface area contributed by atoms with Crippen LogP contribution in [0.2, 0.25) is 0 Å². The molecule has 0 bridgehead atoms. The van der Waals surface area contributed by atoms with E-state index in [1.54, 1.807) is 0 Å². The van der Waals surface area contributed by atoms with Gasteiger partial charge in [0.1, 0.15) is 11.5 Å². The Morgan fingerprint density at radius 3 is 1.69 bits per heavy atom. The minimum absolute atomic E-state index is 0.0536. The Kier molecular flexibility index (Phi) is 11.9. The molecule has 2 fully saturated rings.